The zero-order chi connectivity index (χ0) is 17.9. The Labute approximate surface area is 155 Å². The van der Waals surface area contributed by atoms with Gasteiger partial charge in [0.1, 0.15) is 11.6 Å². The molecule has 0 bridgehead atoms. The van der Waals surface area contributed by atoms with Crippen LogP contribution in [-0.4, -0.2) is 49.3 Å². The molecule has 3 aliphatic rings. The number of benzene rings is 1. The van der Waals surface area contributed by atoms with E-state index in [9.17, 15) is 4.79 Å². The van der Waals surface area contributed by atoms with Gasteiger partial charge in [0, 0.05) is 43.1 Å². The Hall–Kier alpha value is -2.30. The van der Waals surface area contributed by atoms with E-state index in [0.29, 0.717) is 18.8 Å². The molecule has 2 aliphatic heterocycles. The molecular weight excluding hydrogens is 326 g/mol. The first-order valence-corrected chi connectivity index (χ1v) is 9.80. The van der Waals surface area contributed by atoms with Crippen molar-refractivity contribution in [3.8, 4) is 5.75 Å². The van der Waals surface area contributed by atoms with E-state index in [-0.39, 0.29) is 0 Å². The fourth-order valence-electron chi connectivity index (χ4n) is 4.08. The Morgan fingerprint density at radius 2 is 1.69 bits per heavy atom. The first-order valence-electron chi connectivity index (χ1n) is 9.80. The number of amidine groups is 1. The number of aliphatic imine (C=N–C) groups is 1. The molecule has 138 valence electrons. The lowest BCUT2D eigenvalue weighted by Gasteiger charge is -2.38. The van der Waals surface area contributed by atoms with E-state index in [1.807, 2.05) is 19.1 Å². The molecule has 0 spiro atoms. The number of hydrogen-bond donors (Lipinski definition) is 0. The number of nitrogens with zero attached hydrogens (tertiary/aromatic N) is 3. The van der Waals surface area contributed by atoms with Crippen molar-refractivity contribution in [2.45, 2.75) is 39.0 Å². The summed E-state index contributed by atoms with van der Waals surface area (Å²) < 4.78 is 5.52. The van der Waals surface area contributed by atoms with E-state index < -0.39 is 0 Å². The minimum absolute atomic E-state index is 0.304. The second-order valence-corrected chi connectivity index (χ2v) is 7.16. The van der Waals surface area contributed by atoms with Gasteiger partial charge in [-0.15, -0.1) is 0 Å². The fraction of sp³-hybridized carbons (Fsp3) is 0.524. The van der Waals surface area contributed by atoms with Crippen molar-refractivity contribution in [3.05, 3.63) is 35.5 Å². The maximum atomic E-state index is 12.5. The minimum Gasteiger partial charge on any atom is -0.494 e. The van der Waals surface area contributed by atoms with E-state index in [2.05, 4.69) is 21.9 Å². The lowest BCUT2D eigenvalue weighted by molar-refractivity contribution is -0.115. The van der Waals surface area contributed by atoms with Gasteiger partial charge < -0.3 is 14.5 Å². The van der Waals surface area contributed by atoms with Crippen LogP contribution >= 0.6 is 0 Å². The molecule has 2 heterocycles. The number of anilines is 1. The number of piperazine rings is 1. The lowest BCUT2D eigenvalue weighted by Crippen LogP contribution is -2.49. The van der Waals surface area contributed by atoms with Gasteiger partial charge in [0.25, 0.3) is 0 Å². The Kier molecular flexibility index (Phi) is 4.96. The number of ether oxygens (including phenoxy) is 1. The van der Waals surface area contributed by atoms with Crippen LogP contribution < -0.4 is 9.64 Å². The molecule has 0 unspecified atom stereocenters. The SMILES string of the molecule is CCOc1ccc(N2CCN(C3=NC4=C(CCCC4)C(=O)C3)CC2)cc1. The van der Waals surface area contributed by atoms with Crippen molar-refractivity contribution in [3.63, 3.8) is 0 Å². The molecule has 0 radical (unpaired) electrons. The quantitative estimate of drug-likeness (QED) is 0.835. The van der Waals surface area contributed by atoms with Crippen molar-refractivity contribution < 1.29 is 9.53 Å². The summed E-state index contributed by atoms with van der Waals surface area (Å²) in [7, 11) is 0. The highest BCUT2D eigenvalue weighted by Gasteiger charge is 2.29. The second-order valence-electron chi connectivity index (χ2n) is 7.16. The lowest BCUT2D eigenvalue weighted by atomic mass is 9.90. The van der Waals surface area contributed by atoms with Crippen LogP contribution in [0, 0.1) is 0 Å². The summed E-state index contributed by atoms with van der Waals surface area (Å²) >= 11 is 0. The fourth-order valence-corrected chi connectivity index (χ4v) is 4.08. The third kappa shape index (κ3) is 3.48. The summed E-state index contributed by atoms with van der Waals surface area (Å²) in [6.07, 6.45) is 4.68. The van der Waals surface area contributed by atoms with Crippen LogP contribution in [0.3, 0.4) is 0 Å². The molecule has 1 saturated heterocycles. The van der Waals surface area contributed by atoms with Crippen molar-refractivity contribution in [2.24, 2.45) is 4.99 Å². The summed E-state index contributed by atoms with van der Waals surface area (Å²) in [5.41, 5.74) is 3.30. The van der Waals surface area contributed by atoms with Gasteiger partial charge >= 0.3 is 0 Å². The Morgan fingerprint density at radius 3 is 2.42 bits per heavy atom. The Bertz CT molecular complexity index is 728. The zero-order valence-electron chi connectivity index (χ0n) is 15.5. The first kappa shape index (κ1) is 17.1. The van der Waals surface area contributed by atoms with Crippen molar-refractivity contribution in [1.29, 1.82) is 0 Å². The molecule has 1 fully saturated rings. The average Bonchev–Trinajstić information content (AvgIpc) is 2.69. The van der Waals surface area contributed by atoms with Gasteiger partial charge in [-0.3, -0.25) is 4.79 Å². The summed E-state index contributed by atoms with van der Waals surface area (Å²) in [4.78, 5) is 22.0. The molecular formula is C21H27N3O2. The molecule has 26 heavy (non-hydrogen) atoms. The number of rotatable bonds is 3. The molecule has 1 aliphatic carbocycles. The molecule has 5 heteroatoms. The molecule has 0 saturated carbocycles. The summed E-state index contributed by atoms with van der Waals surface area (Å²) in [6.45, 7) is 6.43. The highest BCUT2D eigenvalue weighted by atomic mass is 16.5. The van der Waals surface area contributed by atoms with Gasteiger partial charge in [-0.05, 0) is 56.9 Å². The van der Waals surface area contributed by atoms with Crippen LogP contribution in [-0.2, 0) is 4.79 Å². The van der Waals surface area contributed by atoms with Crippen LogP contribution in [0.2, 0.25) is 0 Å². The topological polar surface area (TPSA) is 45.1 Å². The van der Waals surface area contributed by atoms with Crippen molar-refractivity contribution >= 4 is 17.3 Å². The van der Waals surface area contributed by atoms with Gasteiger partial charge in [-0.1, -0.05) is 0 Å². The van der Waals surface area contributed by atoms with Crippen LogP contribution in [0.4, 0.5) is 5.69 Å². The Balaban J connectivity index is 1.40. The van der Waals surface area contributed by atoms with Crippen molar-refractivity contribution in [1.82, 2.24) is 4.90 Å². The van der Waals surface area contributed by atoms with Gasteiger partial charge in [-0.25, -0.2) is 4.99 Å². The number of carbonyl (C=O) groups is 1. The molecule has 0 amide bonds. The summed E-state index contributed by atoms with van der Waals surface area (Å²) in [5, 5.41) is 0. The number of carbonyl (C=O) groups excluding carboxylic acids is 1. The summed E-state index contributed by atoms with van der Waals surface area (Å²) in [6, 6.07) is 8.32. The maximum absolute atomic E-state index is 12.5. The van der Waals surface area contributed by atoms with E-state index in [0.717, 1.165) is 74.7 Å². The second kappa shape index (κ2) is 7.52. The smallest absolute Gasteiger partial charge is 0.168 e. The highest BCUT2D eigenvalue weighted by molar-refractivity contribution is 6.11. The average molecular weight is 353 g/mol. The van der Waals surface area contributed by atoms with Gasteiger partial charge in [-0.2, -0.15) is 0 Å². The largest absolute Gasteiger partial charge is 0.494 e. The molecule has 4 rings (SSSR count). The Morgan fingerprint density at radius 1 is 1.00 bits per heavy atom. The van der Waals surface area contributed by atoms with Crippen LogP contribution in [0.15, 0.2) is 40.5 Å². The van der Waals surface area contributed by atoms with Gasteiger partial charge in [0.2, 0.25) is 0 Å². The minimum atomic E-state index is 0.304. The van der Waals surface area contributed by atoms with E-state index in [1.165, 1.54) is 5.69 Å². The first-order chi connectivity index (χ1) is 12.7. The highest BCUT2D eigenvalue weighted by Crippen LogP contribution is 2.31. The predicted molar refractivity (Wildman–Crippen MR) is 104 cm³/mol. The van der Waals surface area contributed by atoms with Gasteiger partial charge in [0.15, 0.2) is 5.78 Å². The number of allylic oxidation sites excluding steroid dienone is 2. The third-order valence-electron chi connectivity index (χ3n) is 5.52. The summed E-state index contributed by atoms with van der Waals surface area (Å²) in [5.74, 6) is 2.21. The van der Waals surface area contributed by atoms with Crippen LogP contribution in [0.5, 0.6) is 5.75 Å². The number of Topliss-reactive ketones (excluding diaryl/α,β-unsaturated/α-hetero) is 1. The number of ketones is 1. The third-order valence-corrected chi connectivity index (χ3v) is 5.52. The zero-order valence-corrected chi connectivity index (χ0v) is 15.5. The van der Waals surface area contributed by atoms with E-state index in [4.69, 9.17) is 9.73 Å². The monoisotopic (exact) mass is 353 g/mol. The molecule has 1 aromatic rings. The molecule has 0 aromatic heterocycles. The molecule has 1 aromatic carbocycles. The molecule has 0 atom stereocenters. The van der Waals surface area contributed by atoms with Crippen LogP contribution in [0.1, 0.15) is 39.0 Å². The number of hydrogen-bond acceptors (Lipinski definition) is 5. The maximum Gasteiger partial charge on any atom is 0.168 e. The normalized spacial score (nSPS) is 20.8. The van der Waals surface area contributed by atoms with Crippen LogP contribution in [0.25, 0.3) is 0 Å². The molecule has 0 N–H and O–H groups in total. The standard InChI is InChI=1S/C21H27N3O2/c1-2-26-17-9-7-16(8-10-17)23-11-13-24(14-12-23)21-15-20(25)18-5-3-4-6-19(18)22-21/h7-10H,2-6,11-15H2,1H3. The van der Waals surface area contributed by atoms with Gasteiger partial charge in [0.05, 0.1) is 13.0 Å². The van der Waals surface area contributed by atoms with E-state index >= 15 is 0 Å². The van der Waals surface area contributed by atoms with E-state index in [1.54, 1.807) is 0 Å². The van der Waals surface area contributed by atoms with Crippen molar-refractivity contribution in [2.75, 3.05) is 37.7 Å². The predicted octanol–water partition coefficient (Wildman–Crippen LogP) is 3.41. The molecule has 5 nitrogen and oxygen atoms in total.